The van der Waals surface area contributed by atoms with E-state index in [1.165, 1.54) is 13.4 Å². The van der Waals surface area contributed by atoms with Crippen molar-refractivity contribution >= 4 is 5.78 Å². The van der Waals surface area contributed by atoms with E-state index >= 15 is 0 Å². The number of aryl methyl sites for hydroxylation is 1. The summed E-state index contributed by atoms with van der Waals surface area (Å²) in [5.74, 6) is 1.70. The number of hydrogen-bond acceptors (Lipinski definition) is 5. The van der Waals surface area contributed by atoms with Crippen LogP contribution in [0.5, 0.6) is 11.5 Å². The number of rotatable bonds is 6. The number of ketones is 1. The van der Waals surface area contributed by atoms with Gasteiger partial charge in [-0.05, 0) is 25.1 Å². The molecule has 1 aromatic carbocycles. The van der Waals surface area contributed by atoms with E-state index in [0.29, 0.717) is 29.4 Å². The fraction of sp³-hybridized carbons (Fsp3) is 0.357. The number of aromatic nitrogens is 3. The average molecular weight is 275 g/mol. The fourth-order valence-corrected chi connectivity index (χ4v) is 1.96. The van der Waals surface area contributed by atoms with Crippen LogP contribution in [0.25, 0.3) is 0 Å². The van der Waals surface area contributed by atoms with Crippen molar-refractivity contribution < 1.29 is 14.3 Å². The zero-order valence-electron chi connectivity index (χ0n) is 11.8. The standard InChI is InChI=1S/C14H17N3O3/c1-4-17-14(15-9-16-17)8-12(18)11-7-10(19-2)5-6-13(11)20-3/h5-7,9H,4,8H2,1-3H3. The van der Waals surface area contributed by atoms with Crippen molar-refractivity contribution in [1.29, 1.82) is 0 Å². The van der Waals surface area contributed by atoms with Crippen molar-refractivity contribution in [3.05, 3.63) is 35.9 Å². The zero-order chi connectivity index (χ0) is 14.5. The summed E-state index contributed by atoms with van der Waals surface area (Å²) in [4.78, 5) is 16.5. The quantitative estimate of drug-likeness (QED) is 0.751. The van der Waals surface area contributed by atoms with Gasteiger partial charge in [-0.3, -0.25) is 4.79 Å². The molecule has 1 heterocycles. The molecule has 6 nitrogen and oxygen atoms in total. The van der Waals surface area contributed by atoms with Crippen LogP contribution < -0.4 is 9.47 Å². The van der Waals surface area contributed by atoms with E-state index in [1.807, 2.05) is 6.92 Å². The summed E-state index contributed by atoms with van der Waals surface area (Å²) in [5, 5.41) is 4.06. The summed E-state index contributed by atoms with van der Waals surface area (Å²) >= 11 is 0. The first-order chi connectivity index (χ1) is 9.69. The average Bonchev–Trinajstić information content (AvgIpc) is 2.93. The Bertz CT molecular complexity index is 607. The number of Topliss-reactive ketones (excluding diaryl/α,β-unsaturated/α-hetero) is 1. The number of ether oxygens (including phenoxy) is 2. The minimum Gasteiger partial charge on any atom is -0.497 e. The molecule has 0 aliphatic carbocycles. The van der Waals surface area contributed by atoms with Crippen LogP contribution >= 0.6 is 0 Å². The van der Waals surface area contributed by atoms with Gasteiger partial charge in [-0.25, -0.2) is 9.67 Å². The highest BCUT2D eigenvalue weighted by molar-refractivity contribution is 6.00. The summed E-state index contributed by atoms with van der Waals surface area (Å²) in [6.45, 7) is 2.63. The fourth-order valence-electron chi connectivity index (χ4n) is 1.96. The second-order valence-corrected chi connectivity index (χ2v) is 4.16. The monoisotopic (exact) mass is 275 g/mol. The van der Waals surface area contributed by atoms with Gasteiger partial charge in [0.2, 0.25) is 0 Å². The highest BCUT2D eigenvalue weighted by Gasteiger charge is 2.16. The number of benzene rings is 1. The summed E-state index contributed by atoms with van der Waals surface area (Å²) in [6.07, 6.45) is 1.63. The highest BCUT2D eigenvalue weighted by atomic mass is 16.5. The van der Waals surface area contributed by atoms with Gasteiger partial charge < -0.3 is 9.47 Å². The van der Waals surface area contributed by atoms with Crippen molar-refractivity contribution in [3.63, 3.8) is 0 Å². The first-order valence-electron chi connectivity index (χ1n) is 6.31. The van der Waals surface area contributed by atoms with Crippen molar-refractivity contribution in [2.75, 3.05) is 14.2 Å². The maximum Gasteiger partial charge on any atom is 0.174 e. The number of carbonyl (C=O) groups is 1. The minimum absolute atomic E-state index is 0.0801. The van der Waals surface area contributed by atoms with Crippen LogP contribution in [0.2, 0.25) is 0 Å². The minimum atomic E-state index is -0.0801. The molecule has 0 saturated carbocycles. The molecule has 0 aliphatic rings. The predicted octanol–water partition coefficient (Wildman–Crippen LogP) is 1.74. The van der Waals surface area contributed by atoms with Gasteiger partial charge in [0.15, 0.2) is 5.78 Å². The van der Waals surface area contributed by atoms with Gasteiger partial charge in [0, 0.05) is 6.54 Å². The van der Waals surface area contributed by atoms with E-state index in [4.69, 9.17) is 9.47 Å². The predicted molar refractivity (Wildman–Crippen MR) is 73.3 cm³/mol. The van der Waals surface area contributed by atoms with Crippen LogP contribution in [0.15, 0.2) is 24.5 Å². The Hall–Kier alpha value is -2.37. The summed E-state index contributed by atoms with van der Waals surface area (Å²) in [6, 6.07) is 5.15. The molecule has 2 rings (SSSR count). The molecule has 0 radical (unpaired) electrons. The molecule has 20 heavy (non-hydrogen) atoms. The molecule has 0 aliphatic heterocycles. The largest absolute Gasteiger partial charge is 0.497 e. The Morgan fingerprint density at radius 3 is 2.75 bits per heavy atom. The normalized spacial score (nSPS) is 10.3. The first kappa shape index (κ1) is 14.0. The van der Waals surface area contributed by atoms with Gasteiger partial charge in [0.05, 0.1) is 26.2 Å². The van der Waals surface area contributed by atoms with E-state index in [2.05, 4.69) is 10.1 Å². The molecule has 0 amide bonds. The van der Waals surface area contributed by atoms with Crippen molar-refractivity contribution in [2.45, 2.75) is 19.9 Å². The number of nitrogens with zero attached hydrogens (tertiary/aromatic N) is 3. The van der Waals surface area contributed by atoms with E-state index in [9.17, 15) is 4.79 Å². The molecule has 106 valence electrons. The van der Waals surface area contributed by atoms with Gasteiger partial charge in [0.25, 0.3) is 0 Å². The highest BCUT2D eigenvalue weighted by Crippen LogP contribution is 2.25. The van der Waals surface area contributed by atoms with E-state index in [0.717, 1.165) is 0 Å². The molecule has 0 fully saturated rings. The van der Waals surface area contributed by atoms with Gasteiger partial charge >= 0.3 is 0 Å². The molecule has 0 N–H and O–H groups in total. The van der Waals surface area contributed by atoms with E-state index in [-0.39, 0.29) is 12.2 Å². The lowest BCUT2D eigenvalue weighted by molar-refractivity contribution is 0.0986. The molecule has 6 heteroatoms. The zero-order valence-corrected chi connectivity index (χ0v) is 11.8. The number of carbonyl (C=O) groups excluding carboxylic acids is 1. The third-order valence-electron chi connectivity index (χ3n) is 3.02. The topological polar surface area (TPSA) is 66.2 Å². The maximum atomic E-state index is 12.4. The van der Waals surface area contributed by atoms with Crippen LogP contribution in [0, 0.1) is 0 Å². The molecule has 1 aromatic heterocycles. The van der Waals surface area contributed by atoms with Crippen LogP contribution in [-0.2, 0) is 13.0 Å². The molecular formula is C14H17N3O3. The molecule has 0 bridgehead atoms. The van der Waals surface area contributed by atoms with Crippen LogP contribution in [-0.4, -0.2) is 34.8 Å². The second-order valence-electron chi connectivity index (χ2n) is 4.16. The van der Waals surface area contributed by atoms with Gasteiger partial charge in [-0.2, -0.15) is 5.10 Å². The Balaban J connectivity index is 2.28. The maximum absolute atomic E-state index is 12.4. The molecule has 0 unspecified atom stereocenters. The summed E-state index contributed by atoms with van der Waals surface area (Å²) in [5.41, 5.74) is 0.484. The number of hydrogen-bond donors (Lipinski definition) is 0. The molecular weight excluding hydrogens is 258 g/mol. The van der Waals surface area contributed by atoms with Crippen LogP contribution in [0.4, 0.5) is 0 Å². The molecule has 0 saturated heterocycles. The molecule has 0 spiro atoms. The van der Waals surface area contributed by atoms with Crippen molar-refractivity contribution in [2.24, 2.45) is 0 Å². The van der Waals surface area contributed by atoms with Crippen molar-refractivity contribution in [1.82, 2.24) is 14.8 Å². The lowest BCUT2D eigenvalue weighted by Gasteiger charge is -2.09. The third-order valence-corrected chi connectivity index (χ3v) is 3.02. The lowest BCUT2D eigenvalue weighted by atomic mass is 10.1. The Kier molecular flexibility index (Phi) is 4.34. The molecule has 0 atom stereocenters. The SMILES string of the molecule is CCn1ncnc1CC(=O)c1cc(OC)ccc1OC. The first-order valence-corrected chi connectivity index (χ1v) is 6.31. The second kappa shape index (κ2) is 6.18. The van der Waals surface area contributed by atoms with E-state index < -0.39 is 0 Å². The summed E-state index contributed by atoms with van der Waals surface area (Å²) in [7, 11) is 3.09. The van der Waals surface area contributed by atoms with Crippen molar-refractivity contribution in [3.8, 4) is 11.5 Å². The van der Waals surface area contributed by atoms with Gasteiger partial charge in [0.1, 0.15) is 23.7 Å². The van der Waals surface area contributed by atoms with Gasteiger partial charge in [-0.1, -0.05) is 0 Å². The third kappa shape index (κ3) is 2.79. The number of methoxy groups -OCH3 is 2. The summed E-state index contributed by atoms with van der Waals surface area (Å²) < 4.78 is 12.1. The smallest absolute Gasteiger partial charge is 0.174 e. The van der Waals surface area contributed by atoms with Crippen LogP contribution in [0.3, 0.4) is 0 Å². The molecule has 2 aromatic rings. The Labute approximate surface area is 117 Å². The van der Waals surface area contributed by atoms with Crippen LogP contribution in [0.1, 0.15) is 23.1 Å². The van der Waals surface area contributed by atoms with E-state index in [1.54, 1.807) is 30.0 Å². The Morgan fingerprint density at radius 1 is 1.30 bits per heavy atom. The Morgan fingerprint density at radius 2 is 2.10 bits per heavy atom. The lowest BCUT2D eigenvalue weighted by Crippen LogP contribution is -2.12. The van der Waals surface area contributed by atoms with Gasteiger partial charge in [-0.15, -0.1) is 0 Å².